The van der Waals surface area contributed by atoms with Crippen molar-refractivity contribution < 1.29 is 13.2 Å². The molecule has 19 heavy (non-hydrogen) atoms. The maximum absolute atomic E-state index is 12.5. The Morgan fingerprint density at radius 2 is 2.00 bits per heavy atom. The molecule has 0 radical (unpaired) electrons. The lowest BCUT2D eigenvalue weighted by Gasteiger charge is -2.24. The summed E-state index contributed by atoms with van der Waals surface area (Å²) >= 11 is 0. The van der Waals surface area contributed by atoms with Crippen LogP contribution in [-0.4, -0.2) is 41.0 Å². The zero-order valence-electron chi connectivity index (χ0n) is 11.4. The van der Waals surface area contributed by atoms with Gasteiger partial charge in [-0.3, -0.25) is 9.48 Å². The summed E-state index contributed by atoms with van der Waals surface area (Å²) in [5.74, 6) is -0.812. The molecule has 0 bridgehead atoms. The molecule has 0 unspecified atom stereocenters. The Kier molecular flexibility index (Phi) is 4.21. The fourth-order valence-electron chi connectivity index (χ4n) is 1.75. The van der Waals surface area contributed by atoms with Gasteiger partial charge in [0, 0.05) is 13.1 Å². The van der Waals surface area contributed by atoms with Crippen molar-refractivity contribution in [1.29, 1.82) is 0 Å². The van der Waals surface area contributed by atoms with Crippen LogP contribution in [0.15, 0.2) is 4.90 Å². The second kappa shape index (κ2) is 5.17. The van der Waals surface area contributed by atoms with Gasteiger partial charge in [-0.15, -0.1) is 0 Å². The van der Waals surface area contributed by atoms with Gasteiger partial charge in [-0.2, -0.15) is 9.40 Å². The minimum absolute atomic E-state index is 0.0787. The molecule has 1 aromatic rings. The Balaban J connectivity index is 3.39. The van der Waals surface area contributed by atoms with E-state index < -0.39 is 28.5 Å². The molecular formula is C10H19N5O3S. The largest absolute Gasteiger partial charge is 0.381 e. The number of sulfonamides is 1. The number of hydrogen-bond acceptors (Lipinski definition) is 5. The van der Waals surface area contributed by atoms with Crippen molar-refractivity contribution in [3.8, 4) is 0 Å². The second-order valence-electron chi connectivity index (χ2n) is 4.53. The highest BCUT2D eigenvalue weighted by Gasteiger charge is 2.33. The van der Waals surface area contributed by atoms with Crippen molar-refractivity contribution in [2.24, 2.45) is 12.8 Å². The summed E-state index contributed by atoms with van der Waals surface area (Å²) in [7, 11) is -2.32. The quantitative estimate of drug-likeness (QED) is 0.734. The van der Waals surface area contributed by atoms with Crippen molar-refractivity contribution in [1.82, 2.24) is 14.1 Å². The maximum atomic E-state index is 12.5. The summed E-state index contributed by atoms with van der Waals surface area (Å²) in [6.07, 6.45) is 0. The lowest BCUT2D eigenvalue weighted by molar-refractivity contribution is -0.118. The van der Waals surface area contributed by atoms with Crippen LogP contribution in [0.2, 0.25) is 0 Å². The number of hydrogen-bond donors (Lipinski definition) is 2. The lowest BCUT2D eigenvalue weighted by Crippen LogP contribution is -2.43. The Morgan fingerprint density at radius 3 is 2.32 bits per heavy atom. The average Bonchev–Trinajstić information content (AvgIpc) is 2.49. The molecular weight excluding hydrogens is 270 g/mol. The Bertz CT molecular complexity index is 591. The summed E-state index contributed by atoms with van der Waals surface area (Å²) in [5.41, 5.74) is 11.1. The molecule has 1 aromatic heterocycles. The van der Waals surface area contributed by atoms with Gasteiger partial charge in [0.25, 0.3) is 0 Å². The van der Waals surface area contributed by atoms with Crippen molar-refractivity contribution in [3.05, 3.63) is 5.69 Å². The summed E-state index contributed by atoms with van der Waals surface area (Å²) < 4.78 is 27.5. The molecule has 0 atom stereocenters. The maximum Gasteiger partial charge on any atom is 0.249 e. The van der Waals surface area contributed by atoms with Crippen molar-refractivity contribution >= 4 is 21.7 Å². The van der Waals surface area contributed by atoms with Crippen LogP contribution in [0.5, 0.6) is 0 Å². The minimum Gasteiger partial charge on any atom is -0.381 e. The first kappa shape index (κ1) is 15.4. The number of aryl methyl sites for hydroxylation is 1. The smallest absolute Gasteiger partial charge is 0.249 e. The predicted octanol–water partition coefficient (Wildman–Crippen LogP) is -0.805. The van der Waals surface area contributed by atoms with Gasteiger partial charge in [0.05, 0.1) is 12.2 Å². The Hall–Kier alpha value is -1.61. The molecule has 0 saturated carbocycles. The van der Waals surface area contributed by atoms with Gasteiger partial charge in [0.1, 0.15) is 4.90 Å². The molecule has 4 N–H and O–H groups in total. The number of rotatable bonds is 5. The van der Waals surface area contributed by atoms with Crippen LogP contribution in [0.4, 0.5) is 5.82 Å². The number of nitrogen functional groups attached to an aromatic ring is 1. The zero-order valence-corrected chi connectivity index (χ0v) is 12.2. The number of nitrogens with two attached hydrogens (primary N) is 2. The molecule has 108 valence electrons. The van der Waals surface area contributed by atoms with Crippen molar-refractivity contribution in [2.75, 3.05) is 12.3 Å². The van der Waals surface area contributed by atoms with E-state index in [-0.39, 0.29) is 10.7 Å². The van der Waals surface area contributed by atoms with Gasteiger partial charge in [0.2, 0.25) is 15.9 Å². The van der Waals surface area contributed by atoms with E-state index in [1.54, 1.807) is 27.8 Å². The fraction of sp³-hybridized carbons (Fsp3) is 0.600. The first-order chi connectivity index (χ1) is 8.59. The average molecular weight is 289 g/mol. The van der Waals surface area contributed by atoms with E-state index in [2.05, 4.69) is 5.10 Å². The van der Waals surface area contributed by atoms with Crippen LogP contribution < -0.4 is 11.5 Å². The van der Waals surface area contributed by atoms with Gasteiger partial charge >= 0.3 is 0 Å². The third-order valence-corrected chi connectivity index (χ3v) is 4.95. The van der Waals surface area contributed by atoms with Gasteiger partial charge in [-0.25, -0.2) is 8.42 Å². The van der Waals surface area contributed by atoms with E-state index in [0.29, 0.717) is 5.69 Å². The molecule has 0 spiro atoms. The van der Waals surface area contributed by atoms with Crippen molar-refractivity contribution in [2.45, 2.75) is 31.7 Å². The predicted molar refractivity (Wildman–Crippen MR) is 70.6 cm³/mol. The first-order valence-electron chi connectivity index (χ1n) is 5.68. The van der Waals surface area contributed by atoms with Crippen LogP contribution >= 0.6 is 0 Å². The molecule has 8 nitrogen and oxygen atoms in total. The summed E-state index contributed by atoms with van der Waals surface area (Å²) in [6, 6.07) is -0.420. The van der Waals surface area contributed by atoms with E-state index in [9.17, 15) is 13.2 Å². The van der Waals surface area contributed by atoms with Crippen LogP contribution in [-0.2, 0) is 21.9 Å². The van der Waals surface area contributed by atoms with Crippen LogP contribution in [0, 0.1) is 6.92 Å². The minimum atomic E-state index is -3.91. The summed E-state index contributed by atoms with van der Waals surface area (Å²) in [6.45, 7) is 4.51. The number of anilines is 1. The number of carbonyl (C=O) groups excluding carboxylic acids is 1. The third kappa shape index (κ3) is 2.87. The lowest BCUT2D eigenvalue weighted by atomic mass is 10.4. The molecule has 0 aliphatic carbocycles. The topological polar surface area (TPSA) is 124 Å². The van der Waals surface area contributed by atoms with Gasteiger partial charge in [0.15, 0.2) is 5.82 Å². The molecule has 1 rings (SSSR count). The van der Waals surface area contributed by atoms with Crippen LogP contribution in [0.25, 0.3) is 0 Å². The van der Waals surface area contributed by atoms with E-state index in [1.807, 2.05) is 0 Å². The SMILES string of the molecule is Cc1c(S(=O)(=O)N(CC(N)=O)C(C)C)c(N)nn1C. The molecule has 0 aliphatic heterocycles. The highest BCUT2D eigenvalue weighted by Crippen LogP contribution is 2.26. The van der Waals surface area contributed by atoms with Crippen LogP contribution in [0.3, 0.4) is 0 Å². The van der Waals surface area contributed by atoms with E-state index >= 15 is 0 Å². The second-order valence-corrected chi connectivity index (χ2v) is 6.36. The highest BCUT2D eigenvalue weighted by atomic mass is 32.2. The standard InChI is InChI=1S/C10H19N5O3S/c1-6(2)15(5-8(11)16)19(17,18)9-7(3)14(4)13-10(9)12/h6H,5H2,1-4H3,(H2,11,16)(H2,12,13). The molecule has 1 heterocycles. The number of carbonyl (C=O) groups is 1. The summed E-state index contributed by atoms with van der Waals surface area (Å²) in [5, 5.41) is 3.87. The Morgan fingerprint density at radius 1 is 1.47 bits per heavy atom. The fourth-order valence-corrected chi connectivity index (χ4v) is 3.65. The number of aromatic nitrogens is 2. The molecule has 9 heteroatoms. The van der Waals surface area contributed by atoms with E-state index in [1.165, 1.54) is 4.68 Å². The number of nitrogens with zero attached hydrogens (tertiary/aromatic N) is 3. The molecule has 1 amide bonds. The highest BCUT2D eigenvalue weighted by molar-refractivity contribution is 7.89. The van der Waals surface area contributed by atoms with Gasteiger partial charge < -0.3 is 11.5 Å². The van der Waals surface area contributed by atoms with Crippen molar-refractivity contribution in [3.63, 3.8) is 0 Å². The monoisotopic (exact) mass is 289 g/mol. The molecule has 0 aliphatic rings. The molecule has 0 saturated heterocycles. The summed E-state index contributed by atoms with van der Waals surface area (Å²) in [4.78, 5) is 11.0. The van der Waals surface area contributed by atoms with Gasteiger partial charge in [-0.05, 0) is 20.8 Å². The first-order valence-corrected chi connectivity index (χ1v) is 7.12. The van der Waals surface area contributed by atoms with E-state index in [4.69, 9.17) is 11.5 Å². The normalized spacial score (nSPS) is 12.3. The zero-order chi connectivity index (χ0) is 15.0. The van der Waals surface area contributed by atoms with E-state index in [0.717, 1.165) is 4.31 Å². The van der Waals surface area contributed by atoms with Crippen LogP contribution in [0.1, 0.15) is 19.5 Å². The number of amides is 1. The molecule has 0 fully saturated rings. The van der Waals surface area contributed by atoms with Gasteiger partial charge in [-0.1, -0.05) is 0 Å². The molecule has 0 aromatic carbocycles. The number of primary amides is 1. The third-order valence-electron chi connectivity index (χ3n) is 2.76. The Labute approximate surface area is 112 Å².